The third-order valence-corrected chi connectivity index (χ3v) is 2.85. The lowest BCUT2D eigenvalue weighted by atomic mass is 10.2. The van der Waals surface area contributed by atoms with Crippen LogP contribution in [-0.2, 0) is 20.9 Å². The zero-order valence-electron chi connectivity index (χ0n) is 10.0. The number of carbonyl (C=O) groups excluding carboxylic acids is 2. The number of rotatable bonds is 4. The van der Waals surface area contributed by atoms with Gasteiger partial charge >= 0.3 is 0 Å². The topological polar surface area (TPSA) is 58.6 Å². The lowest BCUT2D eigenvalue weighted by Crippen LogP contribution is -2.49. The molecular weight excluding hydrogens is 232 g/mol. The molecule has 0 saturated carbocycles. The molecule has 1 aliphatic rings. The molecular formula is C13H16N2O3. The van der Waals surface area contributed by atoms with Crippen LogP contribution in [0.3, 0.4) is 0 Å². The lowest BCUT2D eigenvalue weighted by molar-refractivity contribution is -0.141. The highest BCUT2D eigenvalue weighted by Gasteiger charge is 2.25. The van der Waals surface area contributed by atoms with Crippen molar-refractivity contribution in [3.63, 3.8) is 0 Å². The highest BCUT2D eigenvalue weighted by atomic mass is 16.5. The largest absolute Gasteiger partial charge is 0.365 e. The average Bonchev–Trinajstić information content (AvgIpc) is 2.46. The SMILES string of the molecule is O=CN1CCOC(C(=O)NCc2ccccc2)C1. The number of amides is 2. The van der Waals surface area contributed by atoms with Crippen molar-refractivity contribution in [2.24, 2.45) is 0 Å². The number of nitrogens with zero attached hydrogens (tertiary/aromatic N) is 1. The summed E-state index contributed by atoms with van der Waals surface area (Å²) in [6, 6.07) is 9.66. The summed E-state index contributed by atoms with van der Waals surface area (Å²) in [6.45, 7) is 1.75. The molecule has 5 heteroatoms. The Morgan fingerprint density at radius 3 is 2.94 bits per heavy atom. The van der Waals surface area contributed by atoms with Crippen LogP contribution < -0.4 is 5.32 Å². The third kappa shape index (κ3) is 3.30. The van der Waals surface area contributed by atoms with Crippen LogP contribution in [0.2, 0.25) is 0 Å². The van der Waals surface area contributed by atoms with E-state index in [1.807, 2.05) is 30.3 Å². The standard InChI is InChI=1S/C13H16N2O3/c16-10-15-6-7-18-12(9-15)13(17)14-8-11-4-2-1-3-5-11/h1-5,10,12H,6-9H2,(H,14,17). The first kappa shape index (κ1) is 12.6. The molecule has 5 nitrogen and oxygen atoms in total. The van der Waals surface area contributed by atoms with E-state index in [1.54, 1.807) is 4.90 Å². The quantitative estimate of drug-likeness (QED) is 0.772. The van der Waals surface area contributed by atoms with E-state index in [1.165, 1.54) is 0 Å². The van der Waals surface area contributed by atoms with Gasteiger partial charge in [0.25, 0.3) is 5.91 Å². The predicted molar refractivity (Wildman–Crippen MR) is 65.7 cm³/mol. The summed E-state index contributed by atoms with van der Waals surface area (Å²) in [5.41, 5.74) is 1.04. The van der Waals surface area contributed by atoms with Gasteiger partial charge in [-0.1, -0.05) is 30.3 Å². The Labute approximate surface area is 106 Å². The van der Waals surface area contributed by atoms with E-state index in [4.69, 9.17) is 4.74 Å². The molecule has 0 bridgehead atoms. The van der Waals surface area contributed by atoms with Crippen LogP contribution in [-0.4, -0.2) is 43.0 Å². The zero-order chi connectivity index (χ0) is 12.8. The van der Waals surface area contributed by atoms with Crippen LogP contribution in [0.25, 0.3) is 0 Å². The fourth-order valence-corrected chi connectivity index (χ4v) is 1.82. The van der Waals surface area contributed by atoms with Crippen LogP contribution in [0, 0.1) is 0 Å². The molecule has 1 atom stereocenters. The molecule has 0 aromatic heterocycles. The number of carbonyl (C=O) groups is 2. The van der Waals surface area contributed by atoms with Gasteiger partial charge in [0.1, 0.15) is 0 Å². The lowest BCUT2D eigenvalue weighted by Gasteiger charge is -2.29. The second-order valence-electron chi connectivity index (χ2n) is 4.16. The molecule has 1 N–H and O–H groups in total. The molecule has 18 heavy (non-hydrogen) atoms. The maximum atomic E-state index is 11.9. The Kier molecular flexibility index (Phi) is 4.30. The normalized spacial score (nSPS) is 19.3. The third-order valence-electron chi connectivity index (χ3n) is 2.85. The molecule has 1 fully saturated rings. The molecule has 1 unspecified atom stereocenters. The van der Waals surface area contributed by atoms with Gasteiger partial charge in [-0.2, -0.15) is 0 Å². The number of ether oxygens (including phenoxy) is 1. The van der Waals surface area contributed by atoms with E-state index in [2.05, 4.69) is 5.32 Å². The first-order valence-corrected chi connectivity index (χ1v) is 5.92. The summed E-state index contributed by atoms with van der Waals surface area (Å²) in [4.78, 5) is 24.1. The van der Waals surface area contributed by atoms with Gasteiger partial charge in [0.15, 0.2) is 6.10 Å². The summed E-state index contributed by atoms with van der Waals surface area (Å²) in [5.74, 6) is -0.176. The summed E-state index contributed by atoms with van der Waals surface area (Å²) >= 11 is 0. The minimum Gasteiger partial charge on any atom is -0.365 e. The molecule has 1 aromatic carbocycles. The summed E-state index contributed by atoms with van der Waals surface area (Å²) in [7, 11) is 0. The first-order chi connectivity index (χ1) is 8.79. The molecule has 2 rings (SSSR count). The molecule has 2 amide bonds. The molecule has 1 aliphatic heterocycles. The summed E-state index contributed by atoms with van der Waals surface area (Å²) in [6.07, 6.45) is 0.188. The van der Waals surface area contributed by atoms with Crippen molar-refractivity contribution in [1.82, 2.24) is 10.2 Å². The summed E-state index contributed by atoms with van der Waals surface area (Å²) in [5, 5.41) is 2.81. The maximum absolute atomic E-state index is 11.9. The van der Waals surface area contributed by atoms with E-state index >= 15 is 0 Å². The van der Waals surface area contributed by atoms with Crippen LogP contribution in [0.1, 0.15) is 5.56 Å². The number of morpholine rings is 1. The van der Waals surface area contributed by atoms with Crippen molar-refractivity contribution in [2.75, 3.05) is 19.7 Å². The minimum absolute atomic E-state index is 0.176. The van der Waals surface area contributed by atoms with E-state index in [9.17, 15) is 9.59 Å². The maximum Gasteiger partial charge on any atom is 0.251 e. The van der Waals surface area contributed by atoms with Crippen LogP contribution >= 0.6 is 0 Å². The Hall–Kier alpha value is -1.88. The number of hydrogen-bond acceptors (Lipinski definition) is 3. The van der Waals surface area contributed by atoms with Crippen molar-refractivity contribution < 1.29 is 14.3 Å². The van der Waals surface area contributed by atoms with Crippen molar-refractivity contribution in [3.05, 3.63) is 35.9 Å². The monoisotopic (exact) mass is 248 g/mol. The summed E-state index contributed by atoms with van der Waals surface area (Å²) < 4.78 is 5.35. The van der Waals surface area contributed by atoms with Crippen molar-refractivity contribution in [2.45, 2.75) is 12.6 Å². The second kappa shape index (κ2) is 6.16. The molecule has 0 spiro atoms. The molecule has 1 aromatic rings. The van der Waals surface area contributed by atoms with Gasteiger partial charge in [0.05, 0.1) is 13.2 Å². The smallest absolute Gasteiger partial charge is 0.251 e. The van der Waals surface area contributed by atoms with Gasteiger partial charge in [-0.25, -0.2) is 0 Å². The van der Waals surface area contributed by atoms with Gasteiger partial charge < -0.3 is 15.0 Å². The van der Waals surface area contributed by atoms with Crippen LogP contribution in [0.5, 0.6) is 0 Å². The number of hydrogen-bond donors (Lipinski definition) is 1. The number of nitrogens with one attached hydrogen (secondary N) is 1. The first-order valence-electron chi connectivity index (χ1n) is 5.92. The van der Waals surface area contributed by atoms with Gasteiger partial charge in [-0.05, 0) is 5.56 Å². The Morgan fingerprint density at radius 1 is 1.44 bits per heavy atom. The number of benzene rings is 1. The minimum atomic E-state index is -0.562. The van der Waals surface area contributed by atoms with Crippen molar-refractivity contribution >= 4 is 12.3 Å². The van der Waals surface area contributed by atoms with E-state index in [0.717, 1.165) is 12.0 Å². The van der Waals surface area contributed by atoms with Crippen molar-refractivity contribution in [1.29, 1.82) is 0 Å². The van der Waals surface area contributed by atoms with Crippen LogP contribution in [0.15, 0.2) is 30.3 Å². The predicted octanol–water partition coefficient (Wildman–Crippen LogP) is 0.160. The Balaban J connectivity index is 1.82. The molecule has 0 aliphatic carbocycles. The molecule has 0 radical (unpaired) electrons. The van der Waals surface area contributed by atoms with Gasteiger partial charge in [0, 0.05) is 13.1 Å². The van der Waals surface area contributed by atoms with Crippen LogP contribution in [0.4, 0.5) is 0 Å². The molecule has 96 valence electrons. The Bertz CT molecular complexity index is 408. The van der Waals surface area contributed by atoms with Crippen molar-refractivity contribution in [3.8, 4) is 0 Å². The second-order valence-corrected chi connectivity index (χ2v) is 4.16. The van der Waals surface area contributed by atoms with Gasteiger partial charge in [0.2, 0.25) is 6.41 Å². The molecule has 1 heterocycles. The van der Waals surface area contributed by atoms with E-state index < -0.39 is 6.10 Å². The average molecular weight is 248 g/mol. The zero-order valence-corrected chi connectivity index (χ0v) is 10.0. The fraction of sp³-hybridized carbons (Fsp3) is 0.385. The molecule has 1 saturated heterocycles. The highest BCUT2D eigenvalue weighted by Crippen LogP contribution is 2.04. The van der Waals surface area contributed by atoms with Gasteiger partial charge in [-0.3, -0.25) is 9.59 Å². The highest BCUT2D eigenvalue weighted by molar-refractivity contribution is 5.81. The van der Waals surface area contributed by atoms with E-state index in [0.29, 0.717) is 26.2 Å². The van der Waals surface area contributed by atoms with E-state index in [-0.39, 0.29) is 5.91 Å². The van der Waals surface area contributed by atoms with Gasteiger partial charge in [-0.15, -0.1) is 0 Å². The fourth-order valence-electron chi connectivity index (χ4n) is 1.82. The Morgan fingerprint density at radius 2 is 2.22 bits per heavy atom.